The van der Waals surface area contributed by atoms with Crippen molar-refractivity contribution in [2.24, 2.45) is 17.6 Å². The Balaban J connectivity index is 3.88. The van der Waals surface area contributed by atoms with E-state index in [2.05, 4.69) is 13.8 Å². The third-order valence-corrected chi connectivity index (χ3v) is 2.68. The SMILES string of the molecule is CC(C)CCCC(C)C(O)C(N)C(=O)O. The molecular formula is C11H23NO3. The molecule has 90 valence electrons. The zero-order valence-corrected chi connectivity index (χ0v) is 9.81. The molecule has 0 aliphatic heterocycles. The first-order valence-corrected chi connectivity index (χ1v) is 5.52. The first kappa shape index (κ1) is 14.4. The minimum absolute atomic E-state index is 0.0603. The number of carboxylic acid groups (broad SMARTS) is 1. The molecule has 0 amide bonds. The summed E-state index contributed by atoms with van der Waals surface area (Å²) in [5.74, 6) is -0.560. The molecule has 0 saturated carbocycles. The van der Waals surface area contributed by atoms with Crippen molar-refractivity contribution >= 4 is 5.97 Å². The summed E-state index contributed by atoms with van der Waals surface area (Å²) in [4.78, 5) is 10.5. The lowest BCUT2D eigenvalue weighted by Gasteiger charge is -2.22. The molecule has 0 radical (unpaired) electrons. The van der Waals surface area contributed by atoms with Gasteiger partial charge in [-0.2, -0.15) is 0 Å². The summed E-state index contributed by atoms with van der Waals surface area (Å²) >= 11 is 0. The number of nitrogens with two attached hydrogens (primary N) is 1. The van der Waals surface area contributed by atoms with Crippen molar-refractivity contribution in [1.29, 1.82) is 0 Å². The van der Waals surface area contributed by atoms with Crippen LogP contribution in [0.5, 0.6) is 0 Å². The van der Waals surface area contributed by atoms with E-state index in [0.29, 0.717) is 5.92 Å². The molecule has 4 N–H and O–H groups in total. The van der Waals surface area contributed by atoms with Crippen LogP contribution in [-0.2, 0) is 4.79 Å². The third kappa shape index (κ3) is 5.74. The Kier molecular flexibility index (Phi) is 6.52. The molecule has 0 rings (SSSR count). The van der Waals surface area contributed by atoms with E-state index in [1.807, 2.05) is 6.92 Å². The van der Waals surface area contributed by atoms with Crippen molar-refractivity contribution in [3.63, 3.8) is 0 Å². The predicted molar refractivity (Wildman–Crippen MR) is 59.5 cm³/mol. The van der Waals surface area contributed by atoms with Crippen LogP contribution >= 0.6 is 0 Å². The van der Waals surface area contributed by atoms with Gasteiger partial charge in [0, 0.05) is 0 Å². The first-order chi connectivity index (χ1) is 6.86. The van der Waals surface area contributed by atoms with E-state index in [9.17, 15) is 9.90 Å². The molecule has 3 atom stereocenters. The molecule has 0 heterocycles. The van der Waals surface area contributed by atoms with Gasteiger partial charge < -0.3 is 15.9 Å². The van der Waals surface area contributed by atoms with Crippen molar-refractivity contribution in [3.05, 3.63) is 0 Å². The smallest absolute Gasteiger partial charge is 0.323 e. The Morgan fingerprint density at radius 1 is 1.27 bits per heavy atom. The number of aliphatic carboxylic acids is 1. The number of carbonyl (C=O) groups is 1. The molecular weight excluding hydrogens is 194 g/mol. The monoisotopic (exact) mass is 217 g/mol. The number of carboxylic acids is 1. The molecule has 3 unspecified atom stereocenters. The van der Waals surface area contributed by atoms with Gasteiger partial charge >= 0.3 is 5.97 Å². The minimum Gasteiger partial charge on any atom is -0.480 e. The standard InChI is InChI=1S/C11H23NO3/c1-7(2)5-4-6-8(3)10(13)9(12)11(14)15/h7-10,13H,4-6,12H2,1-3H3,(H,14,15). The van der Waals surface area contributed by atoms with E-state index in [-0.39, 0.29) is 5.92 Å². The molecule has 15 heavy (non-hydrogen) atoms. The number of hydrogen-bond donors (Lipinski definition) is 3. The maximum atomic E-state index is 10.5. The Bertz CT molecular complexity index is 194. The fraction of sp³-hybridized carbons (Fsp3) is 0.909. The summed E-state index contributed by atoms with van der Waals surface area (Å²) in [5, 5.41) is 18.2. The maximum Gasteiger partial charge on any atom is 0.323 e. The van der Waals surface area contributed by atoms with Gasteiger partial charge in [-0.3, -0.25) is 4.79 Å². The predicted octanol–water partition coefficient (Wildman–Crippen LogP) is 1.22. The quantitative estimate of drug-likeness (QED) is 0.598. The van der Waals surface area contributed by atoms with E-state index in [4.69, 9.17) is 10.8 Å². The van der Waals surface area contributed by atoms with Gasteiger partial charge in [0.25, 0.3) is 0 Å². The lowest BCUT2D eigenvalue weighted by Crippen LogP contribution is -2.45. The van der Waals surface area contributed by atoms with Crippen molar-refractivity contribution in [1.82, 2.24) is 0 Å². The number of aliphatic hydroxyl groups excluding tert-OH is 1. The lowest BCUT2D eigenvalue weighted by molar-refractivity contribution is -0.142. The maximum absolute atomic E-state index is 10.5. The molecule has 0 fully saturated rings. The Morgan fingerprint density at radius 2 is 1.80 bits per heavy atom. The second-order valence-corrected chi connectivity index (χ2v) is 4.66. The van der Waals surface area contributed by atoms with Crippen molar-refractivity contribution in [3.8, 4) is 0 Å². The van der Waals surface area contributed by atoms with E-state index < -0.39 is 18.1 Å². The van der Waals surface area contributed by atoms with Crippen molar-refractivity contribution in [2.75, 3.05) is 0 Å². The number of aliphatic hydroxyl groups is 1. The van der Waals surface area contributed by atoms with E-state index in [1.165, 1.54) is 0 Å². The second kappa shape index (κ2) is 6.80. The average Bonchev–Trinajstić information content (AvgIpc) is 2.14. The summed E-state index contributed by atoms with van der Waals surface area (Å²) in [6, 6.07) is -1.17. The van der Waals surface area contributed by atoms with Crippen LogP contribution < -0.4 is 5.73 Å². The van der Waals surface area contributed by atoms with Crippen LogP contribution in [0, 0.1) is 11.8 Å². The second-order valence-electron chi connectivity index (χ2n) is 4.66. The minimum atomic E-state index is -1.17. The van der Waals surface area contributed by atoms with Crippen LogP contribution in [-0.4, -0.2) is 28.3 Å². The Hall–Kier alpha value is -0.610. The summed E-state index contributed by atoms with van der Waals surface area (Å²) < 4.78 is 0. The van der Waals surface area contributed by atoms with E-state index >= 15 is 0 Å². The molecule has 0 saturated heterocycles. The Labute approximate surface area is 91.5 Å². The molecule has 0 aromatic heterocycles. The van der Waals surface area contributed by atoms with Crippen LogP contribution in [0.4, 0.5) is 0 Å². The highest BCUT2D eigenvalue weighted by molar-refractivity contribution is 5.73. The molecule has 4 nitrogen and oxygen atoms in total. The molecule has 0 aliphatic rings. The Morgan fingerprint density at radius 3 is 2.20 bits per heavy atom. The summed E-state index contributed by atoms with van der Waals surface area (Å²) in [6.07, 6.45) is 1.97. The van der Waals surface area contributed by atoms with Crippen LogP contribution in [0.15, 0.2) is 0 Å². The van der Waals surface area contributed by atoms with Gasteiger partial charge in [0.1, 0.15) is 6.04 Å². The normalized spacial score (nSPS) is 17.5. The first-order valence-electron chi connectivity index (χ1n) is 5.52. The topological polar surface area (TPSA) is 83.5 Å². The highest BCUT2D eigenvalue weighted by Crippen LogP contribution is 2.16. The van der Waals surface area contributed by atoms with Gasteiger partial charge in [-0.25, -0.2) is 0 Å². The van der Waals surface area contributed by atoms with Gasteiger partial charge in [0.2, 0.25) is 0 Å². The molecule has 0 aliphatic carbocycles. The summed E-state index contributed by atoms with van der Waals surface area (Å²) in [7, 11) is 0. The fourth-order valence-corrected chi connectivity index (χ4v) is 1.52. The summed E-state index contributed by atoms with van der Waals surface area (Å²) in [6.45, 7) is 6.13. The van der Waals surface area contributed by atoms with Crippen LogP contribution in [0.1, 0.15) is 40.0 Å². The molecule has 0 bridgehead atoms. The van der Waals surface area contributed by atoms with E-state index in [1.54, 1.807) is 0 Å². The van der Waals surface area contributed by atoms with Gasteiger partial charge in [-0.05, 0) is 18.3 Å². The van der Waals surface area contributed by atoms with Crippen LogP contribution in [0.2, 0.25) is 0 Å². The van der Waals surface area contributed by atoms with E-state index in [0.717, 1.165) is 19.3 Å². The van der Waals surface area contributed by atoms with Crippen molar-refractivity contribution < 1.29 is 15.0 Å². The fourth-order valence-electron chi connectivity index (χ4n) is 1.52. The zero-order valence-electron chi connectivity index (χ0n) is 9.81. The van der Waals surface area contributed by atoms with Crippen LogP contribution in [0.3, 0.4) is 0 Å². The molecule has 0 spiro atoms. The third-order valence-electron chi connectivity index (χ3n) is 2.68. The highest BCUT2D eigenvalue weighted by Gasteiger charge is 2.26. The highest BCUT2D eigenvalue weighted by atomic mass is 16.4. The lowest BCUT2D eigenvalue weighted by atomic mass is 9.92. The average molecular weight is 217 g/mol. The largest absolute Gasteiger partial charge is 0.480 e. The molecule has 0 aromatic rings. The van der Waals surface area contributed by atoms with Gasteiger partial charge in [0.15, 0.2) is 0 Å². The van der Waals surface area contributed by atoms with Gasteiger partial charge in [0.05, 0.1) is 6.10 Å². The molecule has 0 aromatic carbocycles. The van der Waals surface area contributed by atoms with Crippen LogP contribution in [0.25, 0.3) is 0 Å². The number of hydrogen-bond acceptors (Lipinski definition) is 3. The number of rotatable bonds is 7. The summed E-state index contributed by atoms with van der Waals surface area (Å²) in [5.41, 5.74) is 5.34. The van der Waals surface area contributed by atoms with Gasteiger partial charge in [-0.15, -0.1) is 0 Å². The zero-order chi connectivity index (χ0) is 12.0. The van der Waals surface area contributed by atoms with Crippen molar-refractivity contribution in [2.45, 2.75) is 52.2 Å². The van der Waals surface area contributed by atoms with Gasteiger partial charge in [-0.1, -0.05) is 33.6 Å². The molecule has 4 heteroatoms.